The third-order valence-corrected chi connectivity index (χ3v) is 2.23. The number of halogens is 2. The third kappa shape index (κ3) is 1.19. The lowest BCUT2D eigenvalue weighted by Gasteiger charge is -2.17. The van der Waals surface area contributed by atoms with Gasteiger partial charge < -0.3 is 9.47 Å². The van der Waals surface area contributed by atoms with Gasteiger partial charge in [0.25, 0.3) is 5.88 Å². The normalized spacial score (nSPS) is 14.5. The molecule has 12 heavy (non-hydrogen) atoms. The van der Waals surface area contributed by atoms with Gasteiger partial charge in [0.2, 0.25) is 5.75 Å². The van der Waals surface area contributed by atoms with Crippen LogP contribution in [0.4, 0.5) is 0 Å². The van der Waals surface area contributed by atoms with Crippen LogP contribution in [0.5, 0.6) is 11.6 Å². The molecule has 2 heterocycles. The molecule has 0 saturated heterocycles. The number of rotatable bonds is 0. The fourth-order valence-corrected chi connectivity index (χ4v) is 1.26. The highest BCUT2D eigenvalue weighted by atomic mass is 35.5. The molecule has 1 aliphatic rings. The molecular formula is C7H5Cl2NO2. The molecule has 0 atom stereocenters. The summed E-state index contributed by atoms with van der Waals surface area (Å²) in [6.45, 7) is 0.979. The number of hydrogen-bond donors (Lipinski definition) is 0. The maximum atomic E-state index is 5.83. The van der Waals surface area contributed by atoms with E-state index in [1.165, 1.54) is 6.20 Å². The lowest BCUT2D eigenvalue weighted by molar-refractivity contribution is 0.164. The van der Waals surface area contributed by atoms with E-state index in [1.807, 2.05) is 0 Å². The average molecular weight is 206 g/mol. The summed E-state index contributed by atoms with van der Waals surface area (Å²) in [5.41, 5.74) is 0. The van der Waals surface area contributed by atoms with Gasteiger partial charge in [-0.25, -0.2) is 4.98 Å². The van der Waals surface area contributed by atoms with Crippen LogP contribution < -0.4 is 9.47 Å². The van der Waals surface area contributed by atoms with Gasteiger partial charge in [-0.3, -0.25) is 0 Å². The van der Waals surface area contributed by atoms with Crippen molar-refractivity contribution >= 4 is 23.2 Å². The molecule has 1 aromatic rings. The summed E-state index contributed by atoms with van der Waals surface area (Å²) >= 11 is 11.5. The Bertz CT molecular complexity index is 317. The molecule has 3 nitrogen and oxygen atoms in total. The summed E-state index contributed by atoms with van der Waals surface area (Å²) in [5.74, 6) is 0.853. The smallest absolute Gasteiger partial charge is 0.258 e. The topological polar surface area (TPSA) is 31.4 Å². The van der Waals surface area contributed by atoms with Crippen molar-refractivity contribution in [3.05, 3.63) is 16.2 Å². The Morgan fingerprint density at radius 1 is 1.25 bits per heavy atom. The van der Waals surface area contributed by atoms with Crippen LogP contribution in [0, 0.1) is 0 Å². The number of fused-ring (bicyclic) bond motifs is 1. The molecule has 0 saturated carbocycles. The van der Waals surface area contributed by atoms with Gasteiger partial charge >= 0.3 is 0 Å². The molecule has 0 amide bonds. The molecule has 2 rings (SSSR count). The van der Waals surface area contributed by atoms with Gasteiger partial charge in [-0.05, 0) is 0 Å². The van der Waals surface area contributed by atoms with Crippen LogP contribution in [0.15, 0.2) is 6.20 Å². The van der Waals surface area contributed by atoms with Crippen LogP contribution in [-0.2, 0) is 0 Å². The molecule has 0 fully saturated rings. The summed E-state index contributed by atoms with van der Waals surface area (Å²) in [6, 6.07) is 0. The maximum absolute atomic E-state index is 5.83. The van der Waals surface area contributed by atoms with Gasteiger partial charge in [0.1, 0.15) is 18.2 Å². The van der Waals surface area contributed by atoms with Gasteiger partial charge in [-0.1, -0.05) is 23.2 Å². The average Bonchev–Trinajstić information content (AvgIpc) is 2.12. The van der Waals surface area contributed by atoms with Gasteiger partial charge in [0, 0.05) is 0 Å². The molecule has 0 radical (unpaired) electrons. The van der Waals surface area contributed by atoms with Gasteiger partial charge in [0.05, 0.1) is 11.2 Å². The van der Waals surface area contributed by atoms with E-state index in [0.29, 0.717) is 34.9 Å². The molecule has 0 bridgehead atoms. The lowest BCUT2D eigenvalue weighted by Crippen LogP contribution is -2.16. The van der Waals surface area contributed by atoms with Crippen molar-refractivity contribution in [2.45, 2.75) is 0 Å². The predicted octanol–water partition coefficient (Wildman–Crippen LogP) is 2.16. The number of nitrogens with zero attached hydrogens (tertiary/aromatic N) is 1. The van der Waals surface area contributed by atoms with E-state index in [4.69, 9.17) is 32.7 Å². The van der Waals surface area contributed by atoms with Crippen molar-refractivity contribution in [1.82, 2.24) is 4.98 Å². The van der Waals surface area contributed by atoms with Crippen LogP contribution in [0.25, 0.3) is 0 Å². The lowest BCUT2D eigenvalue weighted by atomic mass is 10.4. The minimum atomic E-state index is 0.362. The second-order valence-electron chi connectivity index (χ2n) is 2.25. The molecule has 5 heteroatoms. The number of hydrogen-bond acceptors (Lipinski definition) is 3. The number of pyridine rings is 1. The first kappa shape index (κ1) is 7.95. The summed E-state index contributed by atoms with van der Waals surface area (Å²) in [6.07, 6.45) is 1.44. The van der Waals surface area contributed by atoms with Crippen LogP contribution in [0.3, 0.4) is 0 Å². The minimum absolute atomic E-state index is 0.362. The van der Waals surface area contributed by atoms with E-state index in [2.05, 4.69) is 4.98 Å². The van der Waals surface area contributed by atoms with Crippen molar-refractivity contribution in [2.75, 3.05) is 13.2 Å². The van der Waals surface area contributed by atoms with Gasteiger partial charge in [-0.15, -0.1) is 0 Å². The summed E-state index contributed by atoms with van der Waals surface area (Å²) in [7, 11) is 0. The zero-order chi connectivity index (χ0) is 8.55. The molecule has 0 spiro atoms. The SMILES string of the molecule is Clc1cnc2c(c1Cl)OCCO2. The monoisotopic (exact) mass is 205 g/mol. The third-order valence-electron chi connectivity index (χ3n) is 1.47. The summed E-state index contributed by atoms with van der Waals surface area (Å²) < 4.78 is 10.4. The highest BCUT2D eigenvalue weighted by Crippen LogP contribution is 2.39. The second-order valence-corrected chi connectivity index (χ2v) is 3.04. The first-order valence-electron chi connectivity index (χ1n) is 3.38. The zero-order valence-electron chi connectivity index (χ0n) is 6.01. The quantitative estimate of drug-likeness (QED) is 0.651. The highest BCUT2D eigenvalue weighted by Gasteiger charge is 2.18. The van der Waals surface area contributed by atoms with Crippen molar-refractivity contribution in [3.63, 3.8) is 0 Å². The summed E-state index contributed by atoms with van der Waals surface area (Å²) in [5, 5.41) is 0.738. The molecule has 0 N–H and O–H groups in total. The van der Waals surface area contributed by atoms with E-state index in [9.17, 15) is 0 Å². The van der Waals surface area contributed by atoms with Crippen LogP contribution in [0.1, 0.15) is 0 Å². The van der Waals surface area contributed by atoms with Crippen LogP contribution in [-0.4, -0.2) is 18.2 Å². The fourth-order valence-electron chi connectivity index (χ4n) is 0.943. The van der Waals surface area contributed by atoms with Crippen molar-refractivity contribution < 1.29 is 9.47 Å². The van der Waals surface area contributed by atoms with E-state index in [1.54, 1.807) is 0 Å². The van der Waals surface area contributed by atoms with Gasteiger partial charge in [-0.2, -0.15) is 0 Å². The first-order valence-corrected chi connectivity index (χ1v) is 4.14. The first-order chi connectivity index (χ1) is 5.79. The predicted molar refractivity (Wildman–Crippen MR) is 45.2 cm³/mol. The van der Waals surface area contributed by atoms with Gasteiger partial charge in [0.15, 0.2) is 0 Å². The Labute approximate surface area is 79.2 Å². The molecule has 1 aliphatic heterocycles. The Hall–Kier alpha value is -0.670. The Balaban J connectivity index is 2.54. The van der Waals surface area contributed by atoms with E-state index in [0.717, 1.165) is 0 Å². The standard InChI is InChI=1S/C7H5Cl2NO2/c8-4-3-10-7-6(5(4)9)11-1-2-12-7/h3H,1-2H2. The Morgan fingerprint density at radius 3 is 2.83 bits per heavy atom. The minimum Gasteiger partial charge on any atom is -0.483 e. The highest BCUT2D eigenvalue weighted by molar-refractivity contribution is 6.43. The van der Waals surface area contributed by atoms with E-state index < -0.39 is 0 Å². The van der Waals surface area contributed by atoms with E-state index in [-0.39, 0.29) is 0 Å². The number of aromatic nitrogens is 1. The molecule has 0 aliphatic carbocycles. The zero-order valence-corrected chi connectivity index (χ0v) is 7.52. The van der Waals surface area contributed by atoms with Crippen molar-refractivity contribution in [3.8, 4) is 11.6 Å². The van der Waals surface area contributed by atoms with Crippen molar-refractivity contribution in [1.29, 1.82) is 0 Å². The Kier molecular flexibility index (Phi) is 1.98. The Morgan fingerprint density at radius 2 is 2.00 bits per heavy atom. The summed E-state index contributed by atoms with van der Waals surface area (Å²) in [4.78, 5) is 3.92. The van der Waals surface area contributed by atoms with E-state index >= 15 is 0 Å². The van der Waals surface area contributed by atoms with Crippen LogP contribution in [0.2, 0.25) is 10.0 Å². The molecule has 1 aromatic heterocycles. The molecule has 0 unspecified atom stereocenters. The largest absolute Gasteiger partial charge is 0.483 e. The fraction of sp³-hybridized carbons (Fsp3) is 0.286. The van der Waals surface area contributed by atoms with Crippen molar-refractivity contribution in [2.24, 2.45) is 0 Å². The van der Waals surface area contributed by atoms with Crippen LogP contribution >= 0.6 is 23.2 Å². The molecule has 0 aromatic carbocycles. The molecular weight excluding hydrogens is 201 g/mol. The second kappa shape index (κ2) is 2.99. The molecule has 64 valence electrons. The number of ether oxygens (including phenoxy) is 2. The maximum Gasteiger partial charge on any atom is 0.258 e.